The molecule has 2 rings (SSSR count). The van der Waals surface area contributed by atoms with Crippen molar-refractivity contribution in [2.45, 2.75) is 5.75 Å². The quantitative estimate of drug-likeness (QED) is 0.859. The maximum Gasteiger partial charge on any atom is 0.234 e. The Labute approximate surface area is 129 Å². The van der Waals surface area contributed by atoms with Crippen molar-refractivity contribution in [2.24, 2.45) is 0 Å². The molecule has 0 heterocycles. The summed E-state index contributed by atoms with van der Waals surface area (Å²) in [6.45, 7) is 0. The van der Waals surface area contributed by atoms with Crippen LogP contribution in [0.15, 0.2) is 53.0 Å². The smallest absolute Gasteiger partial charge is 0.234 e. The van der Waals surface area contributed by atoms with Crippen molar-refractivity contribution in [3.63, 3.8) is 0 Å². The van der Waals surface area contributed by atoms with Crippen molar-refractivity contribution in [2.75, 3.05) is 11.1 Å². The third kappa shape index (κ3) is 4.98. The second-order valence-corrected chi connectivity index (χ2v) is 6.08. The lowest BCUT2D eigenvalue weighted by atomic mass is 10.2. The molecule has 2 aromatic rings. The largest absolute Gasteiger partial charge is 0.325 e. The molecule has 2 aromatic carbocycles. The first kappa shape index (κ1) is 15.1. The van der Waals surface area contributed by atoms with Crippen LogP contribution in [0, 0.1) is 5.82 Å². The Morgan fingerprint density at radius 2 is 1.95 bits per heavy atom. The average molecular weight is 354 g/mol. The Hall–Kier alpha value is -1.33. The van der Waals surface area contributed by atoms with Gasteiger partial charge in [0.1, 0.15) is 5.82 Å². The number of thioether (sulfide) groups is 1. The SMILES string of the molecule is O=C(CSCc1ccc(Br)cc1)Nc1cccc(F)c1. The molecule has 20 heavy (non-hydrogen) atoms. The number of carbonyl (C=O) groups excluding carboxylic acids is 1. The van der Waals surface area contributed by atoms with Gasteiger partial charge in [-0.05, 0) is 35.9 Å². The zero-order valence-corrected chi connectivity index (χ0v) is 13.0. The Balaban J connectivity index is 1.76. The van der Waals surface area contributed by atoms with Crippen LogP contribution in [0.25, 0.3) is 0 Å². The summed E-state index contributed by atoms with van der Waals surface area (Å²) >= 11 is 4.90. The molecule has 0 aromatic heterocycles. The van der Waals surface area contributed by atoms with Crippen molar-refractivity contribution < 1.29 is 9.18 Å². The number of nitrogens with one attached hydrogen (secondary N) is 1. The van der Waals surface area contributed by atoms with E-state index in [1.807, 2.05) is 24.3 Å². The minimum absolute atomic E-state index is 0.127. The van der Waals surface area contributed by atoms with E-state index < -0.39 is 0 Å². The lowest BCUT2D eigenvalue weighted by Gasteiger charge is -2.05. The van der Waals surface area contributed by atoms with Gasteiger partial charge in [-0.15, -0.1) is 11.8 Å². The van der Waals surface area contributed by atoms with Crippen molar-refractivity contribution in [1.82, 2.24) is 0 Å². The third-order valence-corrected chi connectivity index (χ3v) is 4.06. The monoisotopic (exact) mass is 353 g/mol. The minimum atomic E-state index is -0.356. The van der Waals surface area contributed by atoms with E-state index in [0.717, 1.165) is 15.8 Å². The van der Waals surface area contributed by atoms with Gasteiger partial charge in [-0.2, -0.15) is 0 Å². The molecule has 0 aliphatic rings. The first-order valence-corrected chi connectivity index (χ1v) is 7.96. The summed E-state index contributed by atoms with van der Waals surface area (Å²) in [5, 5.41) is 2.67. The molecule has 0 aliphatic heterocycles. The fourth-order valence-electron chi connectivity index (χ4n) is 1.61. The Morgan fingerprint density at radius 1 is 1.20 bits per heavy atom. The molecular weight excluding hydrogens is 341 g/mol. The summed E-state index contributed by atoms with van der Waals surface area (Å²) in [4.78, 5) is 11.7. The van der Waals surface area contributed by atoms with Gasteiger partial charge in [-0.3, -0.25) is 4.79 Å². The van der Waals surface area contributed by atoms with Gasteiger partial charge in [0.25, 0.3) is 0 Å². The molecule has 0 aliphatic carbocycles. The van der Waals surface area contributed by atoms with E-state index in [0.29, 0.717) is 11.4 Å². The molecule has 0 spiro atoms. The maximum absolute atomic E-state index is 13.0. The zero-order chi connectivity index (χ0) is 14.4. The topological polar surface area (TPSA) is 29.1 Å². The molecule has 104 valence electrons. The van der Waals surface area contributed by atoms with E-state index in [1.54, 1.807) is 12.1 Å². The minimum Gasteiger partial charge on any atom is -0.325 e. The maximum atomic E-state index is 13.0. The molecule has 5 heteroatoms. The van der Waals surface area contributed by atoms with Crippen LogP contribution in [0.4, 0.5) is 10.1 Å². The molecular formula is C15H13BrFNOS. The first-order valence-electron chi connectivity index (χ1n) is 6.01. The van der Waals surface area contributed by atoms with E-state index in [-0.39, 0.29) is 11.7 Å². The number of amides is 1. The number of anilines is 1. The van der Waals surface area contributed by atoms with E-state index >= 15 is 0 Å². The highest BCUT2D eigenvalue weighted by atomic mass is 79.9. The highest BCUT2D eigenvalue weighted by molar-refractivity contribution is 9.10. The van der Waals surface area contributed by atoms with Gasteiger partial charge in [-0.1, -0.05) is 34.1 Å². The van der Waals surface area contributed by atoms with Crippen LogP contribution in [-0.4, -0.2) is 11.7 Å². The fourth-order valence-corrected chi connectivity index (χ4v) is 2.66. The van der Waals surface area contributed by atoms with Crippen molar-refractivity contribution in [3.05, 3.63) is 64.4 Å². The average Bonchev–Trinajstić information content (AvgIpc) is 2.41. The molecule has 2 nitrogen and oxygen atoms in total. The molecule has 0 atom stereocenters. The summed E-state index contributed by atoms with van der Waals surface area (Å²) in [5.41, 5.74) is 1.65. The van der Waals surface area contributed by atoms with Gasteiger partial charge < -0.3 is 5.32 Å². The van der Waals surface area contributed by atoms with Crippen LogP contribution in [0.2, 0.25) is 0 Å². The number of rotatable bonds is 5. The molecule has 1 N–H and O–H groups in total. The number of hydrogen-bond acceptors (Lipinski definition) is 2. The third-order valence-electron chi connectivity index (χ3n) is 2.52. The predicted octanol–water partition coefficient (Wildman–Crippen LogP) is 4.46. The highest BCUT2D eigenvalue weighted by Gasteiger charge is 2.03. The van der Waals surface area contributed by atoms with E-state index in [2.05, 4.69) is 21.2 Å². The van der Waals surface area contributed by atoms with Crippen LogP contribution >= 0.6 is 27.7 Å². The first-order chi connectivity index (χ1) is 9.63. The predicted molar refractivity (Wildman–Crippen MR) is 85.3 cm³/mol. The molecule has 0 fully saturated rings. The molecule has 1 amide bonds. The van der Waals surface area contributed by atoms with Crippen LogP contribution in [0.1, 0.15) is 5.56 Å². The van der Waals surface area contributed by atoms with Gasteiger partial charge in [-0.25, -0.2) is 4.39 Å². The lowest BCUT2D eigenvalue weighted by molar-refractivity contribution is -0.113. The molecule has 0 saturated heterocycles. The van der Waals surface area contributed by atoms with Gasteiger partial charge in [0.2, 0.25) is 5.91 Å². The Kier molecular flexibility index (Phi) is 5.61. The van der Waals surface area contributed by atoms with Crippen LogP contribution in [0.5, 0.6) is 0 Å². The number of benzene rings is 2. The summed E-state index contributed by atoms with van der Waals surface area (Å²) < 4.78 is 14.0. The Bertz CT molecular complexity index is 589. The van der Waals surface area contributed by atoms with E-state index in [1.165, 1.54) is 23.9 Å². The summed E-state index contributed by atoms with van der Waals surface area (Å²) in [5.74, 6) is 0.624. The molecule has 0 radical (unpaired) electrons. The van der Waals surface area contributed by atoms with Gasteiger partial charge in [0, 0.05) is 15.9 Å². The summed E-state index contributed by atoms with van der Waals surface area (Å²) in [7, 11) is 0. The summed E-state index contributed by atoms with van der Waals surface area (Å²) in [6, 6.07) is 13.9. The van der Waals surface area contributed by atoms with Crippen molar-refractivity contribution in [1.29, 1.82) is 0 Å². The second-order valence-electron chi connectivity index (χ2n) is 4.18. The van der Waals surface area contributed by atoms with Gasteiger partial charge in [0.15, 0.2) is 0 Å². The normalized spacial score (nSPS) is 10.3. The van der Waals surface area contributed by atoms with E-state index in [4.69, 9.17) is 0 Å². The molecule has 0 bridgehead atoms. The highest BCUT2D eigenvalue weighted by Crippen LogP contribution is 2.16. The molecule has 0 saturated carbocycles. The zero-order valence-electron chi connectivity index (χ0n) is 10.6. The Morgan fingerprint density at radius 3 is 2.65 bits per heavy atom. The number of hydrogen-bond donors (Lipinski definition) is 1. The standard InChI is InChI=1S/C15H13BrFNOS/c16-12-6-4-11(5-7-12)9-20-10-15(19)18-14-3-1-2-13(17)8-14/h1-8H,9-10H2,(H,18,19). The van der Waals surface area contributed by atoms with Gasteiger partial charge in [0.05, 0.1) is 5.75 Å². The van der Waals surface area contributed by atoms with Crippen molar-refractivity contribution >= 4 is 39.3 Å². The van der Waals surface area contributed by atoms with Crippen LogP contribution in [-0.2, 0) is 10.5 Å². The fraction of sp³-hybridized carbons (Fsp3) is 0.133. The number of halogens is 2. The van der Waals surface area contributed by atoms with Crippen LogP contribution in [0.3, 0.4) is 0 Å². The lowest BCUT2D eigenvalue weighted by Crippen LogP contribution is -2.14. The van der Waals surface area contributed by atoms with Crippen molar-refractivity contribution in [3.8, 4) is 0 Å². The van der Waals surface area contributed by atoms with E-state index in [9.17, 15) is 9.18 Å². The second kappa shape index (κ2) is 7.45. The summed E-state index contributed by atoms with van der Waals surface area (Å²) in [6.07, 6.45) is 0. The number of carbonyl (C=O) groups is 1. The van der Waals surface area contributed by atoms with Crippen LogP contribution < -0.4 is 5.32 Å². The molecule has 0 unspecified atom stereocenters. The van der Waals surface area contributed by atoms with Gasteiger partial charge >= 0.3 is 0 Å².